The number of hydrogen-bond acceptors (Lipinski definition) is 5. The minimum Gasteiger partial charge on any atom is -0.353 e. The largest absolute Gasteiger partial charge is 0.353 e. The van der Waals surface area contributed by atoms with E-state index in [1.807, 2.05) is 6.07 Å². The molecule has 0 fully saturated rings. The highest BCUT2D eigenvalue weighted by molar-refractivity contribution is 7.89. The highest BCUT2D eigenvalue weighted by Gasteiger charge is 2.37. The number of hydrogen-bond donors (Lipinski definition) is 2. The highest BCUT2D eigenvalue weighted by atomic mass is 35.5. The number of carbonyl (C=O) groups is 3. The van der Waals surface area contributed by atoms with Crippen molar-refractivity contribution in [2.75, 3.05) is 18.8 Å². The molecule has 3 amide bonds. The zero-order valence-corrected chi connectivity index (χ0v) is 17.9. The Morgan fingerprint density at radius 3 is 2.10 bits per heavy atom. The number of rotatable bonds is 8. The van der Waals surface area contributed by atoms with E-state index in [1.165, 1.54) is 12.1 Å². The summed E-state index contributed by atoms with van der Waals surface area (Å²) in [6, 6.07) is 11.5. The molecule has 8 nitrogen and oxygen atoms in total. The molecule has 0 aliphatic carbocycles. The molecule has 0 spiro atoms. The summed E-state index contributed by atoms with van der Waals surface area (Å²) in [6.07, 6.45) is 0. The van der Waals surface area contributed by atoms with Gasteiger partial charge in [0.05, 0.1) is 26.9 Å². The third-order valence-corrected chi connectivity index (χ3v) is 6.39. The van der Waals surface area contributed by atoms with Gasteiger partial charge in [0.2, 0.25) is 15.9 Å². The predicted octanol–water partition coefficient (Wildman–Crippen LogP) is 1.83. The number of imide groups is 1. The molecule has 0 atom stereocenters. The van der Waals surface area contributed by atoms with E-state index < -0.39 is 34.3 Å². The molecule has 1 aliphatic heterocycles. The second kappa shape index (κ2) is 9.13. The Labute approximate surface area is 183 Å². The van der Waals surface area contributed by atoms with Gasteiger partial charge in [0.25, 0.3) is 11.8 Å². The number of nitrogens with zero attached hydrogens (tertiary/aromatic N) is 1. The van der Waals surface area contributed by atoms with Crippen molar-refractivity contribution in [2.45, 2.75) is 6.54 Å². The lowest BCUT2D eigenvalue weighted by Crippen LogP contribution is -2.42. The number of carbonyl (C=O) groups excluding carboxylic acids is 3. The second-order valence-corrected chi connectivity index (χ2v) is 9.22. The summed E-state index contributed by atoms with van der Waals surface area (Å²) in [5, 5.41) is 2.64. The molecule has 0 unspecified atom stereocenters. The lowest BCUT2D eigenvalue weighted by molar-refractivity contribution is -0.121. The first-order valence-electron chi connectivity index (χ1n) is 8.81. The summed E-state index contributed by atoms with van der Waals surface area (Å²) in [5.74, 6) is -2.35. The van der Waals surface area contributed by atoms with E-state index in [-0.39, 0.29) is 40.0 Å². The molecule has 158 valence electrons. The van der Waals surface area contributed by atoms with E-state index in [1.54, 1.807) is 24.3 Å². The molecular formula is C19H17Cl2N3O5S. The molecule has 0 saturated heterocycles. The third-order valence-electron chi connectivity index (χ3n) is 4.35. The average molecular weight is 470 g/mol. The number of fused-ring (bicyclic) bond motifs is 1. The van der Waals surface area contributed by atoms with Gasteiger partial charge in [-0.15, -0.1) is 0 Å². The predicted molar refractivity (Wildman–Crippen MR) is 112 cm³/mol. The van der Waals surface area contributed by atoms with Crippen LogP contribution in [0.2, 0.25) is 10.0 Å². The zero-order chi connectivity index (χ0) is 21.9. The van der Waals surface area contributed by atoms with Crippen molar-refractivity contribution in [3.8, 4) is 0 Å². The molecule has 0 bridgehead atoms. The highest BCUT2D eigenvalue weighted by Crippen LogP contribution is 2.31. The van der Waals surface area contributed by atoms with Gasteiger partial charge >= 0.3 is 0 Å². The van der Waals surface area contributed by atoms with Crippen LogP contribution in [0.25, 0.3) is 0 Å². The number of halogens is 2. The quantitative estimate of drug-likeness (QED) is 0.572. The van der Waals surface area contributed by atoms with Crippen molar-refractivity contribution in [1.82, 2.24) is 14.9 Å². The molecule has 2 aromatic carbocycles. The number of benzene rings is 2. The number of sulfonamides is 1. The molecule has 0 saturated carbocycles. The molecule has 2 N–H and O–H groups in total. The first kappa shape index (κ1) is 22.2. The van der Waals surface area contributed by atoms with Crippen molar-refractivity contribution in [1.29, 1.82) is 0 Å². The maximum absolute atomic E-state index is 12.4. The Morgan fingerprint density at radius 2 is 1.53 bits per heavy atom. The molecule has 2 aromatic rings. The molecule has 0 radical (unpaired) electrons. The Hall–Kier alpha value is -2.46. The zero-order valence-electron chi connectivity index (χ0n) is 15.5. The average Bonchev–Trinajstić information content (AvgIpc) is 2.92. The van der Waals surface area contributed by atoms with E-state index >= 15 is 0 Å². The summed E-state index contributed by atoms with van der Waals surface area (Å²) in [6.45, 7) is -0.583. The number of amides is 3. The summed E-state index contributed by atoms with van der Waals surface area (Å²) in [4.78, 5) is 37.6. The van der Waals surface area contributed by atoms with Crippen LogP contribution in [0, 0.1) is 0 Å². The van der Waals surface area contributed by atoms with Crippen LogP contribution in [-0.2, 0) is 21.4 Å². The van der Waals surface area contributed by atoms with Crippen LogP contribution in [-0.4, -0.2) is 49.9 Å². The maximum Gasteiger partial charge on any atom is 0.262 e. The maximum atomic E-state index is 12.4. The Balaban J connectivity index is 1.50. The van der Waals surface area contributed by atoms with Gasteiger partial charge in [-0.3, -0.25) is 19.3 Å². The summed E-state index contributed by atoms with van der Waals surface area (Å²) < 4.78 is 26.5. The Bertz CT molecular complexity index is 1070. The van der Waals surface area contributed by atoms with E-state index in [0.717, 1.165) is 10.5 Å². The van der Waals surface area contributed by atoms with Crippen LogP contribution < -0.4 is 10.0 Å². The van der Waals surface area contributed by atoms with Crippen LogP contribution in [0.3, 0.4) is 0 Å². The molecule has 11 heteroatoms. The van der Waals surface area contributed by atoms with Crippen LogP contribution in [0.5, 0.6) is 0 Å². The van der Waals surface area contributed by atoms with Crippen molar-refractivity contribution in [2.24, 2.45) is 0 Å². The fourth-order valence-electron chi connectivity index (χ4n) is 2.81. The van der Waals surface area contributed by atoms with Crippen LogP contribution in [0.4, 0.5) is 0 Å². The van der Waals surface area contributed by atoms with Gasteiger partial charge < -0.3 is 5.32 Å². The molecule has 1 heterocycles. The van der Waals surface area contributed by atoms with Gasteiger partial charge in [-0.1, -0.05) is 53.5 Å². The lowest BCUT2D eigenvalue weighted by atomic mass is 10.1. The van der Waals surface area contributed by atoms with Gasteiger partial charge in [0, 0.05) is 13.1 Å². The van der Waals surface area contributed by atoms with Gasteiger partial charge in [0.1, 0.15) is 6.54 Å². The molecule has 30 heavy (non-hydrogen) atoms. The summed E-state index contributed by atoms with van der Waals surface area (Å²) >= 11 is 11.8. The Morgan fingerprint density at radius 1 is 0.967 bits per heavy atom. The minimum absolute atomic E-state index is 0.0647. The minimum atomic E-state index is -3.62. The van der Waals surface area contributed by atoms with Crippen molar-refractivity contribution >= 4 is 50.9 Å². The van der Waals surface area contributed by atoms with Crippen LogP contribution >= 0.6 is 23.2 Å². The summed E-state index contributed by atoms with van der Waals surface area (Å²) in [7, 11) is -3.62. The van der Waals surface area contributed by atoms with E-state index in [9.17, 15) is 22.8 Å². The van der Waals surface area contributed by atoms with Gasteiger partial charge in [0.15, 0.2) is 0 Å². The van der Waals surface area contributed by atoms with Gasteiger partial charge in [-0.05, 0) is 17.7 Å². The van der Waals surface area contributed by atoms with Gasteiger partial charge in [-0.2, -0.15) is 0 Å². The third kappa shape index (κ3) is 5.17. The van der Waals surface area contributed by atoms with Crippen LogP contribution in [0.1, 0.15) is 26.3 Å². The fraction of sp³-hybridized carbons (Fsp3) is 0.211. The standard InChI is InChI=1S/C19H17Cl2N3O5S/c20-15-8-13-14(9-16(15)21)19(27)24(18(13)26)11-17(25)22-6-7-30(28,29)23-10-12-4-2-1-3-5-12/h1-5,8-9,23H,6-7,10-11H2,(H,22,25). The van der Waals surface area contributed by atoms with E-state index in [2.05, 4.69) is 10.0 Å². The Kier molecular flexibility index (Phi) is 6.77. The van der Waals surface area contributed by atoms with Gasteiger partial charge in [-0.25, -0.2) is 13.1 Å². The topological polar surface area (TPSA) is 113 Å². The summed E-state index contributed by atoms with van der Waals surface area (Å²) in [5.41, 5.74) is 0.931. The van der Waals surface area contributed by atoms with Crippen molar-refractivity contribution in [3.63, 3.8) is 0 Å². The first-order chi connectivity index (χ1) is 14.2. The van der Waals surface area contributed by atoms with E-state index in [0.29, 0.717) is 0 Å². The molecular weight excluding hydrogens is 453 g/mol. The molecule has 0 aromatic heterocycles. The van der Waals surface area contributed by atoms with E-state index in [4.69, 9.17) is 23.2 Å². The normalized spacial score (nSPS) is 13.5. The fourth-order valence-corrected chi connectivity index (χ4v) is 4.04. The SMILES string of the molecule is O=C(CN1C(=O)c2cc(Cl)c(Cl)cc2C1=O)NCCS(=O)(=O)NCc1ccccc1. The van der Waals surface area contributed by atoms with Crippen molar-refractivity contribution in [3.05, 3.63) is 69.2 Å². The smallest absolute Gasteiger partial charge is 0.262 e. The number of nitrogens with one attached hydrogen (secondary N) is 2. The second-order valence-electron chi connectivity index (χ2n) is 6.48. The molecule has 1 aliphatic rings. The first-order valence-corrected chi connectivity index (χ1v) is 11.2. The molecule has 3 rings (SSSR count). The monoisotopic (exact) mass is 469 g/mol. The van der Waals surface area contributed by atoms with Crippen molar-refractivity contribution < 1.29 is 22.8 Å². The lowest BCUT2D eigenvalue weighted by Gasteiger charge is -2.13. The van der Waals surface area contributed by atoms with Crippen LogP contribution in [0.15, 0.2) is 42.5 Å².